The molecule has 3 N–H and O–H groups in total. The molecule has 11 heteroatoms. The van der Waals surface area contributed by atoms with Crippen LogP contribution in [0.4, 0.5) is 0 Å². The van der Waals surface area contributed by atoms with Gasteiger partial charge in [0, 0.05) is 54.5 Å². The fourth-order valence-corrected chi connectivity index (χ4v) is 14.7. The first-order valence-corrected chi connectivity index (χ1v) is 22.6. The quantitative estimate of drug-likeness (QED) is 0.128. The lowest BCUT2D eigenvalue weighted by Crippen LogP contribution is -2.59. The summed E-state index contributed by atoms with van der Waals surface area (Å²) >= 11 is 0. The molecule has 4 heterocycles. The largest absolute Gasteiger partial charge is 0.543 e. The Balaban J connectivity index is 1.60. The summed E-state index contributed by atoms with van der Waals surface area (Å²) < 4.78 is 21.4. The van der Waals surface area contributed by atoms with Gasteiger partial charge < -0.3 is 24.2 Å². The van der Waals surface area contributed by atoms with E-state index in [1.807, 2.05) is 18.5 Å². The van der Waals surface area contributed by atoms with Crippen molar-refractivity contribution in [2.24, 2.45) is 11.1 Å². The monoisotopic (exact) mass is 781 g/mol. The Kier molecular flexibility index (Phi) is 12.5. The lowest BCUT2D eigenvalue weighted by Gasteiger charge is -2.42. The molecule has 2 aromatic carbocycles. The van der Waals surface area contributed by atoms with Gasteiger partial charge in [0.1, 0.15) is 11.8 Å². The van der Waals surface area contributed by atoms with Crippen LogP contribution in [0.5, 0.6) is 5.75 Å². The number of aryl methyl sites for hydroxylation is 1. The summed E-state index contributed by atoms with van der Waals surface area (Å²) in [5.41, 5.74) is 19.1. The molecule has 0 aliphatic carbocycles. The van der Waals surface area contributed by atoms with Gasteiger partial charge in [0.15, 0.2) is 0 Å². The number of pyridine rings is 1. The lowest BCUT2D eigenvalue weighted by molar-refractivity contribution is -0.154. The van der Waals surface area contributed by atoms with Crippen molar-refractivity contribution in [2.75, 3.05) is 20.3 Å². The van der Waals surface area contributed by atoms with Gasteiger partial charge in [0.25, 0.3) is 14.2 Å². The Morgan fingerprint density at radius 3 is 2.43 bits per heavy atom. The predicted molar refractivity (Wildman–Crippen MR) is 227 cm³/mol. The number of nitrogens with zero attached hydrogens (tertiary/aromatic N) is 3. The van der Waals surface area contributed by atoms with Crippen LogP contribution in [-0.4, -0.2) is 67.1 Å². The molecule has 0 unspecified atom stereocenters. The molecule has 0 saturated carbocycles. The molecule has 2 atom stereocenters. The highest BCUT2D eigenvalue weighted by Gasteiger charge is 2.47. The number of aromatic nitrogens is 2. The number of nitrogens with two attached hydrogens (primary N) is 1. The molecular formula is C45H63N5O5Si. The van der Waals surface area contributed by atoms with Crippen molar-refractivity contribution in [3.8, 4) is 28.1 Å². The SMILES string of the molecule is CCn1c(-c2cnccc2COC)c2c3cc(ccc31)-c1cc(cc(O[Si](C(C)C)(C(C)C)C(C)C)c1)C[C@H](N)C(=O)N1CCC[C@H](N1)C(=O)OCC(C)(C)C2. The third kappa shape index (κ3) is 8.19. The average molecular weight is 782 g/mol. The van der Waals surface area contributed by atoms with Crippen molar-refractivity contribution >= 4 is 31.1 Å². The Morgan fingerprint density at radius 2 is 1.75 bits per heavy atom. The van der Waals surface area contributed by atoms with Gasteiger partial charge in [-0.25, -0.2) is 5.43 Å². The van der Waals surface area contributed by atoms with Crippen LogP contribution in [0.25, 0.3) is 33.3 Å². The third-order valence-electron chi connectivity index (χ3n) is 12.0. The van der Waals surface area contributed by atoms with Crippen molar-refractivity contribution in [2.45, 2.75) is 130 Å². The standard InChI is InChI=1S/C45H63N5O5Si/c1-11-49-41-15-14-32-23-36(41)37(42(49)38-25-47-17-16-33(38)26-53-10)24-45(8,9)27-54-44(52)40-13-12-18-50(48-40)43(51)39(46)21-31-19-34(32)22-35(20-31)55-56(28(2)3,29(4)5)30(6)7/h14-17,19-20,22-23,25,28-30,39-40,48H,11-13,18,21,24,26-27,46H2,1-10H3/t39-,40-/m0/s1. The molecule has 1 fully saturated rings. The number of carbonyl (C=O) groups excluding carboxylic acids is 2. The van der Waals surface area contributed by atoms with Crippen molar-refractivity contribution in [1.29, 1.82) is 0 Å². The Labute approximate surface area is 334 Å². The second-order valence-electron chi connectivity index (χ2n) is 17.6. The Hall–Kier alpha value is -4.03. The van der Waals surface area contributed by atoms with E-state index in [2.05, 4.69) is 114 Å². The molecule has 0 spiro atoms. The highest BCUT2D eigenvalue weighted by atomic mass is 28.4. The molecule has 1 saturated heterocycles. The van der Waals surface area contributed by atoms with Crippen LogP contribution in [0.2, 0.25) is 16.6 Å². The van der Waals surface area contributed by atoms with Crippen LogP contribution in [0.15, 0.2) is 54.9 Å². The Morgan fingerprint density at radius 1 is 1.02 bits per heavy atom. The molecule has 0 radical (unpaired) electrons. The van der Waals surface area contributed by atoms with E-state index in [1.54, 1.807) is 7.11 Å². The molecule has 10 nitrogen and oxygen atoms in total. The number of cyclic esters (lactones) is 1. The highest BCUT2D eigenvalue weighted by molar-refractivity contribution is 6.78. The smallest absolute Gasteiger partial charge is 0.324 e. The maximum absolute atomic E-state index is 13.9. The minimum absolute atomic E-state index is 0.212. The van der Waals surface area contributed by atoms with Gasteiger partial charge in [-0.1, -0.05) is 67.5 Å². The minimum Gasteiger partial charge on any atom is -0.543 e. The molecule has 4 aromatic rings. The number of ether oxygens (including phenoxy) is 2. The zero-order valence-corrected chi connectivity index (χ0v) is 36.2. The number of methoxy groups -OCH3 is 1. The number of nitrogens with one attached hydrogen (secondary N) is 1. The van der Waals surface area contributed by atoms with Crippen molar-refractivity contribution in [1.82, 2.24) is 20.0 Å². The molecule has 56 heavy (non-hydrogen) atoms. The highest BCUT2D eigenvalue weighted by Crippen LogP contribution is 2.45. The maximum Gasteiger partial charge on any atom is 0.324 e. The Bertz CT molecular complexity index is 2030. The second-order valence-corrected chi connectivity index (χ2v) is 23.0. The van der Waals surface area contributed by atoms with E-state index < -0.39 is 25.8 Å². The minimum atomic E-state index is -2.33. The van der Waals surface area contributed by atoms with Crippen LogP contribution in [0.3, 0.4) is 0 Å². The number of amides is 1. The third-order valence-corrected chi connectivity index (χ3v) is 18.0. The summed E-state index contributed by atoms with van der Waals surface area (Å²) in [5.74, 6) is 0.219. The molecule has 1 amide bonds. The average Bonchev–Trinajstić information content (AvgIpc) is 3.46. The molecule has 2 aliphatic heterocycles. The number of hydrogen-bond donors (Lipinski definition) is 2. The van der Waals surface area contributed by atoms with Gasteiger partial charge in [0.2, 0.25) is 0 Å². The number of fused-ring (bicyclic) bond motifs is 6. The van der Waals surface area contributed by atoms with E-state index in [4.69, 9.17) is 19.6 Å². The van der Waals surface area contributed by atoms with E-state index in [9.17, 15) is 9.59 Å². The topological polar surface area (TPSA) is 121 Å². The summed E-state index contributed by atoms with van der Waals surface area (Å²) in [6.07, 6.45) is 5.96. The number of hydrogen-bond acceptors (Lipinski definition) is 8. The first-order chi connectivity index (χ1) is 26.6. The van der Waals surface area contributed by atoms with Crippen LogP contribution in [-0.2, 0) is 45.1 Å². The maximum atomic E-state index is 13.9. The summed E-state index contributed by atoms with van der Waals surface area (Å²) in [7, 11) is -0.617. The predicted octanol–water partition coefficient (Wildman–Crippen LogP) is 8.58. The van der Waals surface area contributed by atoms with Gasteiger partial charge in [-0.3, -0.25) is 19.6 Å². The first kappa shape index (κ1) is 41.6. The van der Waals surface area contributed by atoms with E-state index >= 15 is 0 Å². The van der Waals surface area contributed by atoms with Gasteiger partial charge in [-0.05, 0) is 107 Å². The number of benzene rings is 2. The number of hydrazine groups is 1. The molecule has 6 bridgehead atoms. The van der Waals surface area contributed by atoms with Gasteiger partial charge in [0.05, 0.1) is 24.9 Å². The van der Waals surface area contributed by atoms with Crippen LogP contribution >= 0.6 is 0 Å². The van der Waals surface area contributed by atoms with Gasteiger partial charge in [-0.15, -0.1) is 0 Å². The molecule has 6 rings (SSSR count). The summed E-state index contributed by atoms with van der Waals surface area (Å²) in [6, 6.07) is 13.7. The van der Waals surface area contributed by atoms with E-state index in [0.717, 1.165) is 56.7 Å². The van der Waals surface area contributed by atoms with E-state index in [0.29, 0.717) is 55.5 Å². The number of rotatable bonds is 9. The van der Waals surface area contributed by atoms with Crippen molar-refractivity contribution in [3.63, 3.8) is 0 Å². The van der Waals surface area contributed by atoms with Crippen LogP contribution in [0.1, 0.15) is 91.8 Å². The zero-order valence-electron chi connectivity index (χ0n) is 35.2. The first-order valence-electron chi connectivity index (χ1n) is 20.5. The van der Waals surface area contributed by atoms with E-state index in [1.165, 1.54) is 10.6 Å². The van der Waals surface area contributed by atoms with Crippen molar-refractivity contribution < 1.29 is 23.5 Å². The molecule has 2 aliphatic rings. The van der Waals surface area contributed by atoms with E-state index in [-0.39, 0.29) is 18.5 Å². The van der Waals surface area contributed by atoms with Crippen LogP contribution < -0.4 is 15.6 Å². The fourth-order valence-electron chi connectivity index (χ4n) is 9.45. The normalized spacial score (nSPS) is 19.5. The van der Waals surface area contributed by atoms with Crippen molar-refractivity contribution in [3.05, 3.63) is 71.5 Å². The van der Waals surface area contributed by atoms with Crippen LogP contribution in [0, 0.1) is 5.41 Å². The summed E-state index contributed by atoms with van der Waals surface area (Å²) in [6.45, 7) is 22.1. The molecule has 302 valence electrons. The number of carbonyl (C=O) groups is 2. The summed E-state index contributed by atoms with van der Waals surface area (Å²) in [4.78, 5) is 32.1. The molecule has 2 aromatic heterocycles. The second kappa shape index (κ2) is 16.8. The molecular weight excluding hydrogens is 719 g/mol. The summed E-state index contributed by atoms with van der Waals surface area (Å²) in [5, 5.41) is 2.65. The van der Waals surface area contributed by atoms with Gasteiger partial charge in [-0.2, -0.15) is 0 Å². The number of esters is 1. The van der Waals surface area contributed by atoms with Gasteiger partial charge >= 0.3 is 5.97 Å². The lowest BCUT2D eigenvalue weighted by atomic mass is 9.84. The fraction of sp³-hybridized carbons (Fsp3) is 0.533. The zero-order chi connectivity index (χ0) is 40.5.